The summed E-state index contributed by atoms with van der Waals surface area (Å²) in [6.07, 6.45) is 3.27. The molecule has 1 fully saturated rings. The molecular weight excluding hydrogens is 442 g/mol. The number of nitrogens with zero attached hydrogens (tertiary/aromatic N) is 6. The van der Waals surface area contributed by atoms with Gasteiger partial charge in [0.15, 0.2) is 0 Å². The maximum absolute atomic E-state index is 11.2. The van der Waals surface area contributed by atoms with Crippen molar-refractivity contribution < 1.29 is 9.84 Å². The summed E-state index contributed by atoms with van der Waals surface area (Å²) in [5, 5.41) is 19.1. The third-order valence-corrected chi connectivity index (χ3v) is 6.36. The van der Waals surface area contributed by atoms with E-state index < -0.39 is 5.60 Å². The van der Waals surface area contributed by atoms with E-state index in [4.69, 9.17) is 4.74 Å². The Morgan fingerprint density at radius 3 is 2.66 bits per heavy atom. The second-order valence-electron chi connectivity index (χ2n) is 9.62. The number of nitrogens with one attached hydrogen (secondary N) is 1. The van der Waals surface area contributed by atoms with Crippen LogP contribution in [0.15, 0.2) is 42.7 Å². The first kappa shape index (κ1) is 24.9. The molecule has 0 radical (unpaired) electrons. The molecule has 0 spiro atoms. The van der Waals surface area contributed by atoms with Gasteiger partial charge in [-0.05, 0) is 50.5 Å². The molecule has 9 nitrogen and oxygen atoms in total. The van der Waals surface area contributed by atoms with Gasteiger partial charge in [0, 0.05) is 52.0 Å². The normalized spacial score (nSPS) is 18.0. The number of aromatic nitrogens is 4. The molecule has 188 valence electrons. The van der Waals surface area contributed by atoms with Crippen molar-refractivity contribution in [3.8, 4) is 5.75 Å². The predicted octanol–water partition coefficient (Wildman–Crippen LogP) is 2.56. The molecule has 0 aliphatic carbocycles. The Morgan fingerprint density at radius 2 is 1.94 bits per heavy atom. The zero-order valence-electron chi connectivity index (χ0n) is 21.2. The van der Waals surface area contributed by atoms with E-state index in [1.165, 1.54) is 0 Å². The van der Waals surface area contributed by atoms with Gasteiger partial charge in [0.25, 0.3) is 0 Å². The average molecular weight is 480 g/mol. The number of piperidine rings is 1. The molecule has 2 aromatic heterocycles. The highest BCUT2D eigenvalue weighted by molar-refractivity contribution is 5.49. The lowest BCUT2D eigenvalue weighted by atomic mass is 9.92. The van der Waals surface area contributed by atoms with Crippen LogP contribution < -0.4 is 19.9 Å². The number of benzene rings is 1. The number of ether oxygens (including phenoxy) is 1. The van der Waals surface area contributed by atoms with Crippen LogP contribution in [0.1, 0.15) is 29.8 Å². The molecule has 0 bridgehead atoms. The van der Waals surface area contributed by atoms with E-state index in [0.29, 0.717) is 26.2 Å². The van der Waals surface area contributed by atoms with Crippen molar-refractivity contribution in [2.75, 3.05) is 50.1 Å². The largest absolute Gasteiger partial charge is 0.492 e. The fourth-order valence-electron chi connectivity index (χ4n) is 4.50. The van der Waals surface area contributed by atoms with Crippen LogP contribution >= 0.6 is 0 Å². The molecule has 3 aromatic rings. The van der Waals surface area contributed by atoms with Gasteiger partial charge in [0.1, 0.15) is 30.3 Å². The van der Waals surface area contributed by atoms with Crippen molar-refractivity contribution in [2.24, 2.45) is 0 Å². The predicted molar refractivity (Wildman–Crippen MR) is 138 cm³/mol. The van der Waals surface area contributed by atoms with Gasteiger partial charge in [-0.3, -0.25) is 4.68 Å². The van der Waals surface area contributed by atoms with Gasteiger partial charge in [0.05, 0.1) is 17.8 Å². The van der Waals surface area contributed by atoms with Crippen molar-refractivity contribution in [1.29, 1.82) is 0 Å². The molecule has 0 saturated carbocycles. The summed E-state index contributed by atoms with van der Waals surface area (Å²) in [5.41, 5.74) is 2.52. The van der Waals surface area contributed by atoms with Gasteiger partial charge in [-0.2, -0.15) is 5.10 Å². The molecule has 1 aliphatic heterocycles. The minimum Gasteiger partial charge on any atom is -0.492 e. The van der Waals surface area contributed by atoms with Crippen LogP contribution in [0.25, 0.3) is 0 Å². The van der Waals surface area contributed by atoms with E-state index in [0.717, 1.165) is 60.3 Å². The first-order valence-electron chi connectivity index (χ1n) is 12.2. The highest BCUT2D eigenvalue weighted by Crippen LogP contribution is 2.26. The van der Waals surface area contributed by atoms with E-state index in [2.05, 4.69) is 50.4 Å². The van der Waals surface area contributed by atoms with E-state index in [1.807, 2.05) is 48.8 Å². The molecule has 35 heavy (non-hydrogen) atoms. The van der Waals surface area contributed by atoms with Crippen LogP contribution in [-0.4, -0.2) is 70.8 Å². The highest BCUT2D eigenvalue weighted by atomic mass is 16.5. The van der Waals surface area contributed by atoms with Crippen LogP contribution in [0.5, 0.6) is 5.75 Å². The summed E-state index contributed by atoms with van der Waals surface area (Å²) in [7, 11) is 3.92. The lowest BCUT2D eigenvalue weighted by Gasteiger charge is -2.40. The molecule has 9 heteroatoms. The molecule has 1 atom stereocenters. The van der Waals surface area contributed by atoms with Crippen LogP contribution in [0, 0.1) is 13.8 Å². The number of β-amino-alcohol motifs (C(OH)–C–C–N with tert-alkyl or cyclic N) is 1. The second kappa shape index (κ2) is 11.0. The van der Waals surface area contributed by atoms with Crippen molar-refractivity contribution in [1.82, 2.24) is 25.1 Å². The topological polar surface area (TPSA) is 91.6 Å². The fourth-order valence-corrected chi connectivity index (χ4v) is 4.50. The third-order valence-electron chi connectivity index (χ3n) is 6.36. The number of aliphatic hydroxyl groups is 1. The zero-order chi connectivity index (χ0) is 24.8. The van der Waals surface area contributed by atoms with Gasteiger partial charge in [-0.1, -0.05) is 12.1 Å². The zero-order valence-corrected chi connectivity index (χ0v) is 21.2. The van der Waals surface area contributed by atoms with Crippen molar-refractivity contribution in [3.63, 3.8) is 0 Å². The maximum atomic E-state index is 11.2. The van der Waals surface area contributed by atoms with Gasteiger partial charge in [-0.25, -0.2) is 9.97 Å². The number of anilines is 2. The number of hydrogen-bond donors (Lipinski definition) is 2. The Labute approximate surface area is 207 Å². The Hall–Kier alpha value is -3.17. The van der Waals surface area contributed by atoms with Crippen molar-refractivity contribution in [2.45, 2.75) is 45.4 Å². The summed E-state index contributed by atoms with van der Waals surface area (Å²) in [5.74, 6) is 2.57. The second-order valence-corrected chi connectivity index (χ2v) is 9.62. The lowest BCUT2D eigenvalue weighted by Crippen LogP contribution is -2.53. The SMILES string of the molecule is Cc1cc(C)n(CCOc2ccc(CNC[C@]3(O)CCCN(c4cc(N(C)C)ncn4)C3)cc2)n1. The number of aryl methyl sites for hydroxylation is 2. The summed E-state index contributed by atoms with van der Waals surface area (Å²) < 4.78 is 7.85. The molecule has 2 N–H and O–H groups in total. The first-order chi connectivity index (χ1) is 16.8. The van der Waals surface area contributed by atoms with E-state index in [1.54, 1.807) is 6.33 Å². The minimum absolute atomic E-state index is 0.524. The Kier molecular flexibility index (Phi) is 7.87. The minimum atomic E-state index is -0.798. The van der Waals surface area contributed by atoms with Gasteiger partial charge < -0.3 is 25.0 Å². The van der Waals surface area contributed by atoms with E-state index >= 15 is 0 Å². The molecule has 0 amide bonds. The molecular formula is C26H37N7O2. The van der Waals surface area contributed by atoms with E-state index in [9.17, 15) is 5.11 Å². The van der Waals surface area contributed by atoms with Gasteiger partial charge in [0.2, 0.25) is 0 Å². The summed E-state index contributed by atoms with van der Waals surface area (Å²) >= 11 is 0. The molecule has 1 aromatic carbocycles. The summed E-state index contributed by atoms with van der Waals surface area (Å²) in [6, 6.07) is 12.2. The molecule has 1 aliphatic rings. The van der Waals surface area contributed by atoms with Crippen LogP contribution in [0.4, 0.5) is 11.6 Å². The van der Waals surface area contributed by atoms with Crippen LogP contribution in [0.2, 0.25) is 0 Å². The Balaban J connectivity index is 1.23. The lowest BCUT2D eigenvalue weighted by molar-refractivity contribution is 0.0259. The number of hydrogen-bond acceptors (Lipinski definition) is 8. The van der Waals surface area contributed by atoms with Crippen molar-refractivity contribution in [3.05, 3.63) is 59.7 Å². The van der Waals surface area contributed by atoms with Gasteiger partial charge in [-0.15, -0.1) is 0 Å². The van der Waals surface area contributed by atoms with Crippen LogP contribution in [0.3, 0.4) is 0 Å². The smallest absolute Gasteiger partial charge is 0.134 e. The molecule has 4 rings (SSSR count). The first-order valence-corrected chi connectivity index (χ1v) is 12.2. The van der Waals surface area contributed by atoms with E-state index in [-0.39, 0.29) is 0 Å². The summed E-state index contributed by atoms with van der Waals surface area (Å²) in [4.78, 5) is 12.8. The average Bonchev–Trinajstić information content (AvgIpc) is 3.16. The van der Waals surface area contributed by atoms with Crippen LogP contribution in [-0.2, 0) is 13.1 Å². The van der Waals surface area contributed by atoms with Gasteiger partial charge >= 0.3 is 0 Å². The third kappa shape index (κ3) is 6.70. The summed E-state index contributed by atoms with van der Waals surface area (Å²) in [6.45, 7) is 8.00. The number of rotatable bonds is 10. The highest BCUT2D eigenvalue weighted by Gasteiger charge is 2.33. The monoisotopic (exact) mass is 479 g/mol. The quantitative estimate of drug-likeness (QED) is 0.459. The fraction of sp³-hybridized carbons (Fsp3) is 0.500. The Bertz CT molecular complexity index is 1100. The maximum Gasteiger partial charge on any atom is 0.134 e. The molecule has 0 unspecified atom stereocenters. The molecule has 1 saturated heterocycles. The Morgan fingerprint density at radius 1 is 1.14 bits per heavy atom. The molecule has 3 heterocycles. The van der Waals surface area contributed by atoms with Crippen molar-refractivity contribution >= 4 is 11.6 Å². The standard InChI is InChI=1S/C26H37N7O2/c1-20-14-21(2)33(30-20)12-13-35-23-8-6-22(7-9-23)16-27-17-26(34)10-5-11-32(18-26)25-15-24(31(3)4)28-19-29-25/h6-9,14-15,19,27,34H,5,10-13,16-18H2,1-4H3/t26-/m1/s1.